The molecule has 1 saturated heterocycles. The summed E-state index contributed by atoms with van der Waals surface area (Å²) in [6.45, 7) is 10.1. The van der Waals surface area contributed by atoms with Crippen molar-refractivity contribution in [1.29, 1.82) is 0 Å². The Morgan fingerprint density at radius 2 is 2.20 bits per heavy atom. The monoisotopic (exact) mass is 273 g/mol. The lowest BCUT2D eigenvalue weighted by molar-refractivity contribution is 0.0661. The van der Waals surface area contributed by atoms with E-state index < -0.39 is 0 Å². The van der Waals surface area contributed by atoms with Crippen LogP contribution >= 0.6 is 0 Å². The molecule has 110 valence electrons. The summed E-state index contributed by atoms with van der Waals surface area (Å²) in [4.78, 5) is 7.05. The number of nitrogens with one attached hydrogen (secondary N) is 1. The lowest BCUT2D eigenvalue weighted by atomic mass is 9.91. The van der Waals surface area contributed by atoms with Gasteiger partial charge in [0.15, 0.2) is 0 Å². The van der Waals surface area contributed by atoms with E-state index in [-0.39, 0.29) is 5.54 Å². The van der Waals surface area contributed by atoms with Gasteiger partial charge in [0.1, 0.15) is 0 Å². The van der Waals surface area contributed by atoms with Crippen molar-refractivity contribution < 1.29 is 0 Å². The zero-order valence-corrected chi connectivity index (χ0v) is 13.0. The zero-order chi connectivity index (χ0) is 14.2. The second-order valence-corrected chi connectivity index (χ2v) is 6.98. The third-order valence-electron chi connectivity index (χ3n) is 5.02. The summed E-state index contributed by atoms with van der Waals surface area (Å²) in [5.74, 6) is 0.918. The minimum atomic E-state index is 0.267. The number of aryl methyl sites for hydroxylation is 1. The maximum absolute atomic E-state index is 4.35. The first kappa shape index (κ1) is 14.0. The van der Waals surface area contributed by atoms with Gasteiger partial charge in [0, 0.05) is 43.6 Å². The number of hydrogen-bond acceptors (Lipinski definition) is 3. The maximum Gasteiger partial charge on any atom is 0.0313 e. The summed E-state index contributed by atoms with van der Waals surface area (Å²) < 4.78 is 0. The van der Waals surface area contributed by atoms with Crippen LogP contribution in [0.2, 0.25) is 0 Å². The molecule has 1 N–H and O–H groups in total. The summed E-state index contributed by atoms with van der Waals surface area (Å²) in [5.41, 5.74) is 2.89. The van der Waals surface area contributed by atoms with Gasteiger partial charge in [-0.25, -0.2) is 0 Å². The van der Waals surface area contributed by atoms with Gasteiger partial charge in [-0.05, 0) is 50.2 Å². The molecule has 0 aromatic carbocycles. The lowest BCUT2D eigenvalue weighted by Gasteiger charge is -2.46. The molecule has 3 rings (SSSR count). The van der Waals surface area contributed by atoms with Crippen LogP contribution in [0.15, 0.2) is 18.5 Å². The molecule has 2 atom stereocenters. The second kappa shape index (κ2) is 5.45. The number of aromatic nitrogens is 1. The van der Waals surface area contributed by atoms with E-state index in [0.29, 0.717) is 0 Å². The van der Waals surface area contributed by atoms with Gasteiger partial charge >= 0.3 is 0 Å². The predicted molar refractivity (Wildman–Crippen MR) is 82.6 cm³/mol. The highest BCUT2D eigenvalue weighted by Gasteiger charge is 2.41. The fourth-order valence-corrected chi connectivity index (χ4v) is 3.40. The van der Waals surface area contributed by atoms with Crippen LogP contribution in [-0.2, 0) is 6.54 Å². The van der Waals surface area contributed by atoms with Crippen molar-refractivity contribution in [2.45, 2.75) is 58.2 Å². The molecule has 3 heteroatoms. The van der Waals surface area contributed by atoms with Crippen LogP contribution in [0.1, 0.15) is 44.2 Å². The Morgan fingerprint density at radius 1 is 1.40 bits per heavy atom. The Kier molecular flexibility index (Phi) is 3.83. The number of piperazine rings is 1. The smallest absolute Gasteiger partial charge is 0.0313 e. The van der Waals surface area contributed by atoms with Gasteiger partial charge in [-0.15, -0.1) is 0 Å². The fraction of sp³-hybridized carbons (Fsp3) is 0.706. The molecule has 1 saturated carbocycles. The Morgan fingerprint density at radius 3 is 2.85 bits per heavy atom. The Bertz CT molecular complexity index is 469. The van der Waals surface area contributed by atoms with Crippen molar-refractivity contribution in [2.75, 3.05) is 13.1 Å². The number of pyridine rings is 1. The molecular weight excluding hydrogens is 246 g/mol. The fourth-order valence-electron chi connectivity index (χ4n) is 3.40. The molecule has 1 aliphatic carbocycles. The van der Waals surface area contributed by atoms with Crippen LogP contribution in [0.4, 0.5) is 0 Å². The normalized spacial score (nSPS) is 31.4. The molecule has 2 fully saturated rings. The lowest BCUT2D eigenvalue weighted by Crippen LogP contribution is -2.62. The van der Waals surface area contributed by atoms with E-state index in [0.717, 1.165) is 31.6 Å². The number of rotatable bonds is 4. The largest absolute Gasteiger partial charge is 0.309 e. The number of nitrogens with zero attached hydrogens (tertiary/aromatic N) is 2. The molecule has 0 bridgehead atoms. The highest BCUT2D eigenvalue weighted by Crippen LogP contribution is 2.38. The van der Waals surface area contributed by atoms with E-state index in [1.165, 1.54) is 30.4 Å². The zero-order valence-electron chi connectivity index (χ0n) is 13.0. The summed E-state index contributed by atoms with van der Waals surface area (Å²) in [5, 5.41) is 3.79. The first-order chi connectivity index (χ1) is 9.59. The van der Waals surface area contributed by atoms with Gasteiger partial charge in [-0.3, -0.25) is 9.88 Å². The van der Waals surface area contributed by atoms with E-state index in [1.54, 1.807) is 0 Å². The average molecular weight is 273 g/mol. The van der Waals surface area contributed by atoms with Crippen molar-refractivity contribution in [3.05, 3.63) is 29.6 Å². The van der Waals surface area contributed by atoms with E-state index in [2.05, 4.69) is 42.0 Å². The second-order valence-electron chi connectivity index (χ2n) is 6.98. The molecule has 0 amide bonds. The van der Waals surface area contributed by atoms with Gasteiger partial charge < -0.3 is 5.32 Å². The SMILES string of the molecule is CCC1(C)CN(Cc2cncc(C)c2)C(C2CC2)CN1. The van der Waals surface area contributed by atoms with Crippen LogP contribution < -0.4 is 5.32 Å². The molecule has 3 nitrogen and oxygen atoms in total. The van der Waals surface area contributed by atoms with Crippen molar-refractivity contribution in [3.63, 3.8) is 0 Å². The van der Waals surface area contributed by atoms with Crippen molar-refractivity contribution in [1.82, 2.24) is 15.2 Å². The van der Waals surface area contributed by atoms with Crippen LogP contribution in [-0.4, -0.2) is 34.6 Å². The maximum atomic E-state index is 4.35. The summed E-state index contributed by atoms with van der Waals surface area (Å²) >= 11 is 0. The van der Waals surface area contributed by atoms with E-state index in [9.17, 15) is 0 Å². The summed E-state index contributed by atoms with van der Waals surface area (Å²) in [7, 11) is 0. The van der Waals surface area contributed by atoms with Crippen LogP contribution in [0.5, 0.6) is 0 Å². The molecule has 0 radical (unpaired) electrons. The van der Waals surface area contributed by atoms with Gasteiger partial charge in [0.2, 0.25) is 0 Å². The number of hydrogen-bond donors (Lipinski definition) is 1. The van der Waals surface area contributed by atoms with Crippen molar-refractivity contribution in [3.8, 4) is 0 Å². The van der Waals surface area contributed by atoms with Crippen LogP contribution in [0.3, 0.4) is 0 Å². The van der Waals surface area contributed by atoms with E-state index in [4.69, 9.17) is 0 Å². The molecular formula is C17H27N3. The standard InChI is InChI=1S/C17H27N3/c1-4-17(3)12-20(16(10-19-17)15-5-6-15)11-14-7-13(2)8-18-9-14/h7-9,15-16,19H,4-6,10-12H2,1-3H3. The minimum absolute atomic E-state index is 0.267. The Balaban J connectivity index is 1.75. The molecule has 1 aromatic rings. The molecule has 0 spiro atoms. The summed E-state index contributed by atoms with van der Waals surface area (Å²) in [6.07, 6.45) is 7.99. The average Bonchev–Trinajstić information content (AvgIpc) is 3.23. The summed E-state index contributed by atoms with van der Waals surface area (Å²) in [6, 6.07) is 3.00. The van der Waals surface area contributed by atoms with Crippen LogP contribution in [0, 0.1) is 12.8 Å². The first-order valence-corrected chi connectivity index (χ1v) is 7.99. The minimum Gasteiger partial charge on any atom is -0.309 e. The van der Waals surface area contributed by atoms with Gasteiger partial charge in [-0.2, -0.15) is 0 Å². The molecule has 2 aliphatic rings. The quantitative estimate of drug-likeness (QED) is 0.914. The third-order valence-corrected chi connectivity index (χ3v) is 5.02. The Hall–Kier alpha value is -0.930. The molecule has 2 unspecified atom stereocenters. The highest BCUT2D eigenvalue weighted by atomic mass is 15.3. The highest BCUT2D eigenvalue weighted by molar-refractivity contribution is 5.17. The van der Waals surface area contributed by atoms with E-state index in [1.807, 2.05) is 12.4 Å². The topological polar surface area (TPSA) is 28.2 Å². The molecule has 2 heterocycles. The van der Waals surface area contributed by atoms with Crippen molar-refractivity contribution >= 4 is 0 Å². The Labute approximate surface area is 122 Å². The molecule has 20 heavy (non-hydrogen) atoms. The van der Waals surface area contributed by atoms with Crippen molar-refractivity contribution in [2.24, 2.45) is 5.92 Å². The van der Waals surface area contributed by atoms with E-state index >= 15 is 0 Å². The molecule has 1 aromatic heterocycles. The third kappa shape index (κ3) is 3.04. The van der Waals surface area contributed by atoms with Crippen LogP contribution in [0.25, 0.3) is 0 Å². The first-order valence-electron chi connectivity index (χ1n) is 7.99. The van der Waals surface area contributed by atoms with Gasteiger partial charge in [0.05, 0.1) is 0 Å². The van der Waals surface area contributed by atoms with Gasteiger partial charge in [0.25, 0.3) is 0 Å². The molecule has 1 aliphatic heterocycles. The predicted octanol–water partition coefficient (Wildman–Crippen LogP) is 2.74. The van der Waals surface area contributed by atoms with Gasteiger partial charge in [-0.1, -0.05) is 13.0 Å².